The minimum absolute atomic E-state index is 0.364. The monoisotopic (exact) mass is 328 g/mol. The van der Waals surface area contributed by atoms with Gasteiger partial charge in [0.15, 0.2) is 0 Å². The average molecular weight is 328 g/mol. The Kier molecular flexibility index (Phi) is 3.78. The van der Waals surface area contributed by atoms with Crippen molar-refractivity contribution in [1.82, 2.24) is 9.97 Å². The number of carbonyl (C=O) groups is 1. The van der Waals surface area contributed by atoms with Crippen molar-refractivity contribution in [3.63, 3.8) is 0 Å². The van der Waals surface area contributed by atoms with E-state index in [1.54, 1.807) is 24.3 Å². The molecule has 0 atom stereocenters. The number of benzene rings is 3. The Hall–Kier alpha value is -3.40. The lowest BCUT2D eigenvalue weighted by Crippen LogP contribution is -2.08. The standard InChI is InChI=1S/C21H16N2O2/c1-14-6-8-16(9-7-14)21(24)25-17-12-10-15(11-13-17)20-22-18-4-2-3-5-19(18)23-20/h2-13H,1H3,(H,22,23). The molecule has 4 heteroatoms. The topological polar surface area (TPSA) is 55.0 Å². The fourth-order valence-corrected chi connectivity index (χ4v) is 2.63. The fourth-order valence-electron chi connectivity index (χ4n) is 2.63. The summed E-state index contributed by atoms with van der Waals surface area (Å²) in [6.45, 7) is 1.98. The van der Waals surface area contributed by atoms with Crippen molar-refractivity contribution in [2.75, 3.05) is 0 Å². The van der Waals surface area contributed by atoms with Gasteiger partial charge in [-0.25, -0.2) is 9.78 Å². The lowest BCUT2D eigenvalue weighted by molar-refractivity contribution is 0.0735. The van der Waals surface area contributed by atoms with Crippen LogP contribution in [-0.2, 0) is 0 Å². The molecule has 0 bridgehead atoms. The van der Waals surface area contributed by atoms with Crippen LogP contribution in [0.4, 0.5) is 0 Å². The Bertz CT molecular complexity index is 999. The number of ether oxygens (including phenoxy) is 1. The van der Waals surface area contributed by atoms with Crippen LogP contribution < -0.4 is 4.74 Å². The van der Waals surface area contributed by atoms with E-state index in [1.807, 2.05) is 55.5 Å². The summed E-state index contributed by atoms with van der Waals surface area (Å²) in [5.41, 5.74) is 4.49. The van der Waals surface area contributed by atoms with Gasteiger partial charge >= 0.3 is 5.97 Å². The van der Waals surface area contributed by atoms with Crippen molar-refractivity contribution in [3.8, 4) is 17.1 Å². The second-order valence-electron chi connectivity index (χ2n) is 5.88. The molecule has 25 heavy (non-hydrogen) atoms. The zero-order chi connectivity index (χ0) is 17.2. The van der Waals surface area contributed by atoms with Crippen LogP contribution in [0.3, 0.4) is 0 Å². The van der Waals surface area contributed by atoms with E-state index < -0.39 is 0 Å². The van der Waals surface area contributed by atoms with Gasteiger partial charge in [-0.3, -0.25) is 0 Å². The number of fused-ring (bicyclic) bond motifs is 1. The molecule has 0 aliphatic carbocycles. The zero-order valence-electron chi connectivity index (χ0n) is 13.7. The molecule has 4 aromatic rings. The van der Waals surface area contributed by atoms with Crippen molar-refractivity contribution in [1.29, 1.82) is 0 Å². The van der Waals surface area contributed by atoms with Gasteiger partial charge in [0.1, 0.15) is 11.6 Å². The fraction of sp³-hybridized carbons (Fsp3) is 0.0476. The van der Waals surface area contributed by atoms with Crippen molar-refractivity contribution in [3.05, 3.63) is 83.9 Å². The summed E-state index contributed by atoms with van der Waals surface area (Å²) in [5, 5.41) is 0. The van der Waals surface area contributed by atoms with E-state index in [1.165, 1.54) is 0 Å². The zero-order valence-corrected chi connectivity index (χ0v) is 13.7. The molecule has 0 spiro atoms. The minimum Gasteiger partial charge on any atom is -0.423 e. The molecule has 0 amide bonds. The molecule has 122 valence electrons. The van der Waals surface area contributed by atoms with Crippen LogP contribution in [0.2, 0.25) is 0 Å². The lowest BCUT2D eigenvalue weighted by Gasteiger charge is -2.05. The molecular weight excluding hydrogens is 312 g/mol. The Morgan fingerprint density at radius 2 is 1.64 bits per heavy atom. The quantitative estimate of drug-likeness (QED) is 0.436. The van der Waals surface area contributed by atoms with Gasteiger partial charge in [0.2, 0.25) is 0 Å². The van der Waals surface area contributed by atoms with Gasteiger partial charge in [0.25, 0.3) is 0 Å². The van der Waals surface area contributed by atoms with Gasteiger partial charge in [-0.2, -0.15) is 0 Å². The number of carbonyl (C=O) groups excluding carboxylic acids is 1. The molecule has 1 N–H and O–H groups in total. The molecule has 0 saturated heterocycles. The molecule has 0 fully saturated rings. The number of aryl methyl sites for hydroxylation is 1. The number of esters is 1. The second-order valence-corrected chi connectivity index (χ2v) is 5.88. The van der Waals surface area contributed by atoms with Gasteiger partial charge in [0.05, 0.1) is 16.6 Å². The van der Waals surface area contributed by atoms with Gasteiger partial charge in [-0.15, -0.1) is 0 Å². The number of nitrogens with one attached hydrogen (secondary N) is 1. The van der Waals surface area contributed by atoms with E-state index >= 15 is 0 Å². The van der Waals surface area contributed by atoms with Gasteiger partial charge in [-0.05, 0) is 55.5 Å². The first-order valence-corrected chi connectivity index (χ1v) is 8.03. The summed E-state index contributed by atoms with van der Waals surface area (Å²) in [6.07, 6.45) is 0. The van der Waals surface area contributed by atoms with Crippen LogP contribution in [0.15, 0.2) is 72.8 Å². The third kappa shape index (κ3) is 3.15. The van der Waals surface area contributed by atoms with E-state index in [4.69, 9.17) is 4.74 Å². The summed E-state index contributed by atoms with van der Waals surface area (Å²) in [7, 11) is 0. The number of para-hydroxylation sites is 2. The molecule has 1 aromatic heterocycles. The highest BCUT2D eigenvalue weighted by Crippen LogP contribution is 2.23. The van der Waals surface area contributed by atoms with Crippen molar-refractivity contribution in [2.24, 2.45) is 0 Å². The highest BCUT2D eigenvalue weighted by molar-refractivity contribution is 5.91. The maximum absolute atomic E-state index is 12.2. The van der Waals surface area contributed by atoms with Gasteiger partial charge < -0.3 is 9.72 Å². The normalized spacial score (nSPS) is 10.8. The number of imidazole rings is 1. The van der Waals surface area contributed by atoms with Crippen molar-refractivity contribution < 1.29 is 9.53 Å². The van der Waals surface area contributed by atoms with Crippen LogP contribution in [0.25, 0.3) is 22.4 Å². The summed E-state index contributed by atoms with van der Waals surface area (Å²) >= 11 is 0. The maximum atomic E-state index is 12.2. The SMILES string of the molecule is Cc1ccc(C(=O)Oc2ccc(-c3nc4ccccc4[nH]3)cc2)cc1. The number of hydrogen-bond acceptors (Lipinski definition) is 3. The number of rotatable bonds is 3. The third-order valence-corrected chi connectivity index (χ3v) is 4.01. The number of H-pyrrole nitrogens is 1. The molecule has 3 aromatic carbocycles. The predicted molar refractivity (Wildman–Crippen MR) is 97.7 cm³/mol. The summed E-state index contributed by atoms with van der Waals surface area (Å²) in [4.78, 5) is 20.0. The summed E-state index contributed by atoms with van der Waals surface area (Å²) < 4.78 is 5.42. The number of aromatic amines is 1. The van der Waals surface area contributed by atoms with Crippen LogP contribution in [0.1, 0.15) is 15.9 Å². The van der Waals surface area contributed by atoms with Crippen LogP contribution in [-0.4, -0.2) is 15.9 Å². The largest absolute Gasteiger partial charge is 0.423 e. The second kappa shape index (κ2) is 6.24. The molecular formula is C21H16N2O2. The van der Waals surface area contributed by atoms with Crippen molar-refractivity contribution >= 4 is 17.0 Å². The van der Waals surface area contributed by atoms with E-state index in [9.17, 15) is 4.79 Å². The smallest absolute Gasteiger partial charge is 0.343 e. The average Bonchev–Trinajstić information content (AvgIpc) is 3.07. The maximum Gasteiger partial charge on any atom is 0.343 e. The Morgan fingerprint density at radius 3 is 2.36 bits per heavy atom. The first-order valence-electron chi connectivity index (χ1n) is 8.03. The number of hydrogen-bond donors (Lipinski definition) is 1. The molecule has 4 rings (SSSR count). The molecule has 4 nitrogen and oxygen atoms in total. The van der Waals surface area contributed by atoms with Crippen LogP contribution in [0, 0.1) is 6.92 Å². The predicted octanol–water partition coefficient (Wildman–Crippen LogP) is 4.76. The highest BCUT2D eigenvalue weighted by atomic mass is 16.5. The number of nitrogens with zero attached hydrogens (tertiary/aromatic N) is 1. The van der Waals surface area contributed by atoms with E-state index in [0.717, 1.165) is 28.0 Å². The van der Waals surface area contributed by atoms with Gasteiger partial charge in [-0.1, -0.05) is 29.8 Å². The molecule has 0 radical (unpaired) electrons. The lowest BCUT2D eigenvalue weighted by atomic mass is 10.1. The Morgan fingerprint density at radius 1 is 0.920 bits per heavy atom. The van der Waals surface area contributed by atoms with Crippen LogP contribution >= 0.6 is 0 Å². The third-order valence-electron chi connectivity index (χ3n) is 4.01. The summed E-state index contributed by atoms with van der Waals surface area (Å²) in [6, 6.07) is 22.5. The molecule has 0 aliphatic rings. The first kappa shape index (κ1) is 15.1. The highest BCUT2D eigenvalue weighted by Gasteiger charge is 2.09. The molecule has 0 unspecified atom stereocenters. The minimum atomic E-state index is -0.364. The first-order chi connectivity index (χ1) is 12.2. The molecule has 0 aliphatic heterocycles. The summed E-state index contributed by atoms with van der Waals surface area (Å²) in [5.74, 6) is 0.930. The Labute approximate surface area is 145 Å². The van der Waals surface area contributed by atoms with E-state index in [-0.39, 0.29) is 5.97 Å². The van der Waals surface area contributed by atoms with Crippen molar-refractivity contribution in [2.45, 2.75) is 6.92 Å². The molecule has 0 saturated carbocycles. The Balaban J connectivity index is 1.53. The van der Waals surface area contributed by atoms with E-state index in [2.05, 4.69) is 9.97 Å². The van der Waals surface area contributed by atoms with Gasteiger partial charge in [0, 0.05) is 5.56 Å². The van der Waals surface area contributed by atoms with Crippen LogP contribution in [0.5, 0.6) is 5.75 Å². The van der Waals surface area contributed by atoms with E-state index in [0.29, 0.717) is 11.3 Å². The number of aromatic nitrogens is 2. The molecule has 1 heterocycles.